The summed E-state index contributed by atoms with van der Waals surface area (Å²) in [6, 6.07) is 0. The number of aliphatic hydroxyl groups excluding tert-OH is 1. The number of aliphatic hydroxyl groups is 1. The van der Waals surface area contributed by atoms with Crippen molar-refractivity contribution in [2.75, 3.05) is 13.7 Å². The van der Waals surface area contributed by atoms with Gasteiger partial charge in [0, 0.05) is 18.9 Å². The lowest BCUT2D eigenvalue weighted by Gasteiger charge is -2.57. The molecule has 4 aliphatic rings. The van der Waals surface area contributed by atoms with Crippen LogP contribution in [0.15, 0.2) is 0 Å². The molecular formula is C20H31FO3. The lowest BCUT2D eigenvalue weighted by atomic mass is 9.49. The molecule has 24 heavy (non-hydrogen) atoms. The standard InChI is InChI=1S/C20H31FO3/c1-19-7-5-12-13-6-8-20(11-22,24-2)10-15(13)17(21)9-14(12)16(19)3-4-18(19)23/h12-17,22H,3-11H2,1-2H3/t12-,13-,14-,15+,16+,17-,19+,20?/m1/s1. The first kappa shape index (κ1) is 17.0. The van der Waals surface area contributed by atoms with Crippen molar-refractivity contribution in [3.63, 3.8) is 0 Å². The van der Waals surface area contributed by atoms with E-state index in [0.717, 1.165) is 32.1 Å². The van der Waals surface area contributed by atoms with Gasteiger partial charge < -0.3 is 9.84 Å². The van der Waals surface area contributed by atoms with Crippen LogP contribution >= 0.6 is 0 Å². The molecule has 1 unspecified atom stereocenters. The third kappa shape index (κ3) is 2.25. The van der Waals surface area contributed by atoms with Crippen molar-refractivity contribution in [2.24, 2.45) is 35.0 Å². The monoisotopic (exact) mass is 338 g/mol. The Labute approximate surface area is 144 Å². The number of rotatable bonds is 2. The summed E-state index contributed by atoms with van der Waals surface area (Å²) in [7, 11) is 1.64. The number of halogens is 1. The second kappa shape index (κ2) is 5.77. The van der Waals surface area contributed by atoms with E-state index in [4.69, 9.17) is 4.74 Å². The Morgan fingerprint density at radius 1 is 1.17 bits per heavy atom. The molecule has 0 aromatic heterocycles. The van der Waals surface area contributed by atoms with E-state index in [-0.39, 0.29) is 17.9 Å². The molecule has 0 heterocycles. The summed E-state index contributed by atoms with van der Waals surface area (Å²) in [6.45, 7) is 2.13. The summed E-state index contributed by atoms with van der Waals surface area (Å²) >= 11 is 0. The Balaban J connectivity index is 1.58. The number of carbonyl (C=O) groups is 1. The molecule has 3 nitrogen and oxygen atoms in total. The molecule has 8 atom stereocenters. The van der Waals surface area contributed by atoms with Crippen LogP contribution in [0, 0.1) is 35.0 Å². The van der Waals surface area contributed by atoms with Crippen molar-refractivity contribution in [3.8, 4) is 0 Å². The molecule has 0 saturated heterocycles. The highest BCUT2D eigenvalue weighted by Gasteiger charge is 2.59. The number of hydrogen-bond donors (Lipinski definition) is 1. The molecule has 0 bridgehead atoms. The third-order valence-corrected chi connectivity index (χ3v) is 8.53. The first-order valence-corrected chi connectivity index (χ1v) is 9.77. The minimum Gasteiger partial charge on any atom is -0.393 e. The number of carbonyl (C=O) groups excluding carboxylic acids is 1. The Bertz CT molecular complexity index is 517. The number of ketones is 1. The van der Waals surface area contributed by atoms with Gasteiger partial charge in [0.2, 0.25) is 0 Å². The summed E-state index contributed by atoms with van der Waals surface area (Å²) in [5.74, 6) is 2.21. The smallest absolute Gasteiger partial charge is 0.139 e. The van der Waals surface area contributed by atoms with Gasteiger partial charge in [-0.1, -0.05) is 6.92 Å². The second-order valence-electron chi connectivity index (χ2n) is 9.22. The van der Waals surface area contributed by atoms with Crippen molar-refractivity contribution >= 4 is 5.78 Å². The van der Waals surface area contributed by atoms with Gasteiger partial charge in [0.05, 0.1) is 12.2 Å². The largest absolute Gasteiger partial charge is 0.393 e. The zero-order valence-corrected chi connectivity index (χ0v) is 15.0. The van der Waals surface area contributed by atoms with E-state index in [0.29, 0.717) is 48.7 Å². The van der Waals surface area contributed by atoms with Gasteiger partial charge in [0.1, 0.15) is 12.0 Å². The molecule has 0 amide bonds. The molecule has 1 N–H and O–H groups in total. The minimum absolute atomic E-state index is 0.0112. The van der Waals surface area contributed by atoms with E-state index in [2.05, 4.69) is 6.92 Å². The molecular weight excluding hydrogens is 307 g/mol. The van der Waals surface area contributed by atoms with Crippen molar-refractivity contribution < 1.29 is 19.0 Å². The first-order chi connectivity index (χ1) is 11.4. The first-order valence-electron chi connectivity index (χ1n) is 9.77. The molecule has 0 aromatic carbocycles. The van der Waals surface area contributed by atoms with Crippen LogP contribution in [0.5, 0.6) is 0 Å². The van der Waals surface area contributed by atoms with Crippen LogP contribution in [-0.2, 0) is 9.53 Å². The quantitative estimate of drug-likeness (QED) is 0.838. The van der Waals surface area contributed by atoms with Crippen LogP contribution in [0.25, 0.3) is 0 Å². The highest BCUT2D eigenvalue weighted by molar-refractivity contribution is 5.87. The number of methoxy groups -OCH3 is 1. The highest BCUT2D eigenvalue weighted by atomic mass is 19.1. The summed E-state index contributed by atoms with van der Waals surface area (Å²) in [5, 5.41) is 9.75. The van der Waals surface area contributed by atoms with Gasteiger partial charge in [-0.3, -0.25) is 4.79 Å². The molecule has 0 spiro atoms. The zero-order chi connectivity index (χ0) is 17.1. The molecule has 0 radical (unpaired) electrons. The van der Waals surface area contributed by atoms with Gasteiger partial charge in [-0.25, -0.2) is 4.39 Å². The van der Waals surface area contributed by atoms with Gasteiger partial charge in [0.25, 0.3) is 0 Å². The molecule has 4 aliphatic carbocycles. The Hall–Kier alpha value is -0.480. The normalized spacial score (nSPS) is 54.1. The fourth-order valence-corrected chi connectivity index (χ4v) is 7.04. The molecule has 0 aromatic rings. The molecule has 136 valence electrons. The van der Waals surface area contributed by atoms with Crippen molar-refractivity contribution in [1.29, 1.82) is 0 Å². The predicted molar refractivity (Wildman–Crippen MR) is 89.2 cm³/mol. The summed E-state index contributed by atoms with van der Waals surface area (Å²) in [6.07, 6.45) is 5.99. The number of fused-ring (bicyclic) bond motifs is 5. The van der Waals surface area contributed by atoms with Gasteiger partial charge in [-0.05, 0) is 74.5 Å². The van der Waals surface area contributed by atoms with Crippen LogP contribution in [-0.4, -0.2) is 36.4 Å². The molecule has 4 rings (SSSR count). The fraction of sp³-hybridized carbons (Fsp3) is 0.950. The minimum atomic E-state index is -0.810. The van der Waals surface area contributed by atoms with E-state index in [1.165, 1.54) is 0 Å². The Kier molecular flexibility index (Phi) is 4.08. The summed E-state index contributed by atoms with van der Waals surface area (Å²) in [4.78, 5) is 12.4. The predicted octanol–water partition coefficient (Wildman–Crippen LogP) is 3.53. The average Bonchev–Trinajstić information content (AvgIpc) is 2.90. The maximum atomic E-state index is 15.2. The lowest BCUT2D eigenvalue weighted by Crippen LogP contribution is -2.55. The highest BCUT2D eigenvalue weighted by Crippen LogP contribution is 2.62. The molecule has 0 aliphatic heterocycles. The van der Waals surface area contributed by atoms with Crippen LogP contribution in [0.3, 0.4) is 0 Å². The SMILES string of the molecule is COC1(CO)CC[C@@H]2[C@H]3CC[C@]4(C)C(=O)CC[C@H]4[C@@H]3C[C@@H](F)[C@H]2C1. The summed E-state index contributed by atoms with van der Waals surface area (Å²) in [5.41, 5.74) is -0.714. The zero-order valence-electron chi connectivity index (χ0n) is 15.0. The second-order valence-corrected chi connectivity index (χ2v) is 9.22. The van der Waals surface area contributed by atoms with Crippen LogP contribution in [0.4, 0.5) is 4.39 Å². The molecule has 4 heteroatoms. The Morgan fingerprint density at radius 3 is 2.58 bits per heavy atom. The molecule has 4 saturated carbocycles. The maximum Gasteiger partial charge on any atom is 0.139 e. The number of alkyl halides is 1. The van der Waals surface area contributed by atoms with E-state index < -0.39 is 11.8 Å². The van der Waals surface area contributed by atoms with Gasteiger partial charge in [-0.15, -0.1) is 0 Å². The van der Waals surface area contributed by atoms with E-state index in [9.17, 15) is 9.90 Å². The number of hydrogen-bond acceptors (Lipinski definition) is 3. The van der Waals surface area contributed by atoms with Gasteiger partial charge in [-0.2, -0.15) is 0 Å². The van der Waals surface area contributed by atoms with E-state index in [1.54, 1.807) is 7.11 Å². The fourth-order valence-electron chi connectivity index (χ4n) is 7.04. The van der Waals surface area contributed by atoms with Crippen molar-refractivity contribution in [3.05, 3.63) is 0 Å². The van der Waals surface area contributed by atoms with Gasteiger partial charge >= 0.3 is 0 Å². The van der Waals surface area contributed by atoms with E-state index >= 15 is 4.39 Å². The summed E-state index contributed by atoms with van der Waals surface area (Å²) < 4.78 is 20.8. The van der Waals surface area contributed by atoms with Crippen molar-refractivity contribution in [1.82, 2.24) is 0 Å². The van der Waals surface area contributed by atoms with Crippen molar-refractivity contribution in [2.45, 2.75) is 70.1 Å². The lowest BCUT2D eigenvalue weighted by molar-refractivity contribution is -0.155. The number of ether oxygens (including phenoxy) is 1. The van der Waals surface area contributed by atoms with Crippen LogP contribution in [0.2, 0.25) is 0 Å². The van der Waals surface area contributed by atoms with Crippen LogP contribution < -0.4 is 0 Å². The average molecular weight is 338 g/mol. The Morgan fingerprint density at radius 2 is 1.88 bits per heavy atom. The van der Waals surface area contributed by atoms with Gasteiger partial charge in [0.15, 0.2) is 0 Å². The maximum absolute atomic E-state index is 15.2. The third-order valence-electron chi connectivity index (χ3n) is 8.53. The number of Topliss-reactive ketones (excluding diaryl/α,β-unsaturated/α-hetero) is 1. The van der Waals surface area contributed by atoms with Crippen LogP contribution in [0.1, 0.15) is 58.3 Å². The topological polar surface area (TPSA) is 46.5 Å². The molecule has 4 fully saturated rings. The van der Waals surface area contributed by atoms with E-state index in [1.807, 2.05) is 0 Å².